The molecule has 0 aliphatic heterocycles. The predicted molar refractivity (Wildman–Crippen MR) is 66.6 cm³/mol. The number of anilines is 1. The molecule has 1 saturated carbocycles. The minimum Gasteiger partial charge on any atom is -0.481 e. The van der Waals surface area contributed by atoms with Crippen molar-refractivity contribution < 1.29 is 14.7 Å². The van der Waals surface area contributed by atoms with Gasteiger partial charge in [-0.2, -0.15) is 0 Å². The van der Waals surface area contributed by atoms with Crippen molar-refractivity contribution in [2.24, 2.45) is 11.8 Å². The van der Waals surface area contributed by atoms with E-state index in [1.54, 1.807) is 12.1 Å². The molecule has 0 heterocycles. The monoisotopic (exact) mass is 297 g/mol. The van der Waals surface area contributed by atoms with Crippen molar-refractivity contribution in [2.45, 2.75) is 12.8 Å². The van der Waals surface area contributed by atoms with E-state index in [4.69, 9.17) is 5.11 Å². The molecule has 0 saturated heterocycles. The lowest BCUT2D eigenvalue weighted by molar-refractivity contribution is -0.151. The number of carboxylic acids is 1. The Bertz CT molecular complexity index is 461. The minimum absolute atomic E-state index is 0.207. The average Bonchev–Trinajstić information content (AvgIpc) is 2.13. The molecule has 90 valence electrons. The number of carboxylic acid groups (broad SMARTS) is 1. The molecule has 17 heavy (non-hydrogen) atoms. The second-order valence-corrected chi connectivity index (χ2v) is 5.04. The maximum absolute atomic E-state index is 11.8. The van der Waals surface area contributed by atoms with Crippen LogP contribution in [0.25, 0.3) is 0 Å². The first kappa shape index (κ1) is 12.1. The van der Waals surface area contributed by atoms with Crippen LogP contribution in [-0.2, 0) is 9.59 Å². The van der Waals surface area contributed by atoms with Gasteiger partial charge in [-0.15, -0.1) is 0 Å². The fraction of sp³-hybridized carbons (Fsp3) is 0.333. The molecule has 5 heteroatoms. The number of aliphatic carboxylic acids is 1. The number of rotatable bonds is 3. The molecule has 2 atom stereocenters. The highest BCUT2D eigenvalue weighted by Crippen LogP contribution is 2.35. The van der Waals surface area contributed by atoms with Gasteiger partial charge in [0.1, 0.15) is 0 Å². The lowest BCUT2D eigenvalue weighted by Gasteiger charge is -2.31. The summed E-state index contributed by atoms with van der Waals surface area (Å²) >= 11 is 3.31. The summed E-state index contributed by atoms with van der Waals surface area (Å²) in [5, 5.41) is 11.6. The third-order valence-corrected chi connectivity index (χ3v) is 3.51. The van der Waals surface area contributed by atoms with E-state index in [2.05, 4.69) is 21.2 Å². The van der Waals surface area contributed by atoms with Crippen LogP contribution in [0.1, 0.15) is 12.8 Å². The van der Waals surface area contributed by atoms with Crippen LogP contribution in [-0.4, -0.2) is 17.0 Å². The molecule has 2 unspecified atom stereocenters. The molecule has 0 bridgehead atoms. The molecule has 1 aliphatic carbocycles. The third kappa shape index (κ3) is 2.66. The van der Waals surface area contributed by atoms with Gasteiger partial charge in [0.2, 0.25) is 5.91 Å². The van der Waals surface area contributed by atoms with Crippen molar-refractivity contribution in [3.8, 4) is 0 Å². The van der Waals surface area contributed by atoms with E-state index in [1.807, 2.05) is 12.1 Å². The Balaban J connectivity index is 2.00. The van der Waals surface area contributed by atoms with Crippen LogP contribution in [0.3, 0.4) is 0 Å². The number of amides is 1. The second-order valence-electron chi connectivity index (χ2n) is 4.13. The van der Waals surface area contributed by atoms with E-state index >= 15 is 0 Å². The zero-order valence-corrected chi connectivity index (χ0v) is 10.6. The van der Waals surface area contributed by atoms with Crippen molar-refractivity contribution in [1.82, 2.24) is 0 Å². The summed E-state index contributed by atoms with van der Waals surface area (Å²) in [7, 11) is 0. The fourth-order valence-electron chi connectivity index (χ4n) is 1.91. The molecule has 0 spiro atoms. The Kier molecular flexibility index (Phi) is 3.47. The molecule has 1 amide bonds. The van der Waals surface area contributed by atoms with Gasteiger partial charge in [-0.25, -0.2) is 0 Å². The number of hydrogen-bond acceptors (Lipinski definition) is 2. The SMILES string of the molecule is O=C(O)C1CCC1C(=O)Nc1cccc(Br)c1. The van der Waals surface area contributed by atoms with Crippen molar-refractivity contribution in [3.05, 3.63) is 28.7 Å². The maximum Gasteiger partial charge on any atom is 0.307 e. The van der Waals surface area contributed by atoms with Crippen LogP contribution in [0.2, 0.25) is 0 Å². The van der Waals surface area contributed by atoms with Crippen molar-refractivity contribution in [2.75, 3.05) is 5.32 Å². The molecule has 4 nitrogen and oxygen atoms in total. The van der Waals surface area contributed by atoms with Crippen LogP contribution in [0.4, 0.5) is 5.69 Å². The van der Waals surface area contributed by atoms with Gasteiger partial charge < -0.3 is 10.4 Å². The van der Waals surface area contributed by atoms with E-state index in [1.165, 1.54) is 0 Å². The number of carbonyl (C=O) groups is 2. The molecule has 2 N–H and O–H groups in total. The molecular weight excluding hydrogens is 286 g/mol. The topological polar surface area (TPSA) is 66.4 Å². The predicted octanol–water partition coefficient (Wildman–Crippen LogP) is 2.50. The molecule has 1 aromatic carbocycles. The molecule has 0 radical (unpaired) electrons. The molecule has 1 aliphatic rings. The van der Waals surface area contributed by atoms with Gasteiger partial charge in [-0.3, -0.25) is 9.59 Å². The summed E-state index contributed by atoms with van der Waals surface area (Å²) < 4.78 is 0.874. The number of halogens is 1. The summed E-state index contributed by atoms with van der Waals surface area (Å²) in [5.41, 5.74) is 0.681. The van der Waals surface area contributed by atoms with Gasteiger partial charge in [-0.05, 0) is 31.0 Å². The lowest BCUT2D eigenvalue weighted by atomic mass is 9.73. The van der Waals surface area contributed by atoms with E-state index < -0.39 is 17.8 Å². The van der Waals surface area contributed by atoms with E-state index in [0.717, 1.165) is 4.47 Å². The fourth-order valence-corrected chi connectivity index (χ4v) is 2.31. The summed E-state index contributed by atoms with van der Waals surface area (Å²) in [6, 6.07) is 7.23. The normalized spacial score (nSPS) is 22.6. The Morgan fingerprint density at radius 1 is 1.29 bits per heavy atom. The van der Waals surface area contributed by atoms with Crippen LogP contribution < -0.4 is 5.32 Å². The van der Waals surface area contributed by atoms with Crippen LogP contribution in [0.5, 0.6) is 0 Å². The van der Waals surface area contributed by atoms with Crippen LogP contribution in [0.15, 0.2) is 28.7 Å². The summed E-state index contributed by atoms with van der Waals surface area (Å²) in [5.74, 6) is -2.01. The highest BCUT2D eigenvalue weighted by Gasteiger charge is 2.41. The van der Waals surface area contributed by atoms with Crippen molar-refractivity contribution in [1.29, 1.82) is 0 Å². The summed E-state index contributed by atoms with van der Waals surface area (Å²) in [6.45, 7) is 0. The van der Waals surface area contributed by atoms with Crippen LogP contribution in [0, 0.1) is 11.8 Å². The van der Waals surface area contributed by atoms with E-state index in [9.17, 15) is 9.59 Å². The standard InChI is InChI=1S/C12H12BrNO3/c13-7-2-1-3-8(6-7)14-11(15)9-4-5-10(9)12(16)17/h1-3,6,9-10H,4-5H2,(H,14,15)(H,16,17). The molecular formula is C12H12BrNO3. The van der Waals surface area contributed by atoms with Crippen molar-refractivity contribution >= 4 is 33.5 Å². The third-order valence-electron chi connectivity index (χ3n) is 3.02. The Hall–Kier alpha value is -1.36. The molecule has 0 aromatic heterocycles. The van der Waals surface area contributed by atoms with Gasteiger partial charge in [0.25, 0.3) is 0 Å². The minimum atomic E-state index is -0.884. The molecule has 1 fully saturated rings. The Morgan fingerprint density at radius 3 is 2.53 bits per heavy atom. The Morgan fingerprint density at radius 2 is 2.00 bits per heavy atom. The van der Waals surface area contributed by atoms with Gasteiger partial charge in [0.15, 0.2) is 0 Å². The highest BCUT2D eigenvalue weighted by atomic mass is 79.9. The first-order chi connectivity index (χ1) is 8.08. The highest BCUT2D eigenvalue weighted by molar-refractivity contribution is 9.10. The molecule has 2 rings (SSSR count). The number of hydrogen-bond donors (Lipinski definition) is 2. The quantitative estimate of drug-likeness (QED) is 0.901. The average molecular weight is 298 g/mol. The van der Waals surface area contributed by atoms with Crippen LogP contribution >= 0.6 is 15.9 Å². The largest absolute Gasteiger partial charge is 0.481 e. The number of nitrogens with one attached hydrogen (secondary N) is 1. The summed E-state index contributed by atoms with van der Waals surface area (Å²) in [4.78, 5) is 22.6. The number of benzene rings is 1. The van der Waals surface area contributed by atoms with E-state index in [-0.39, 0.29) is 5.91 Å². The first-order valence-corrected chi connectivity index (χ1v) is 6.16. The maximum atomic E-state index is 11.8. The van der Waals surface area contributed by atoms with Gasteiger partial charge in [0, 0.05) is 10.2 Å². The number of carbonyl (C=O) groups excluding carboxylic acids is 1. The smallest absolute Gasteiger partial charge is 0.307 e. The second kappa shape index (κ2) is 4.87. The zero-order chi connectivity index (χ0) is 12.4. The van der Waals surface area contributed by atoms with Gasteiger partial charge in [-0.1, -0.05) is 22.0 Å². The van der Waals surface area contributed by atoms with Gasteiger partial charge in [0.05, 0.1) is 11.8 Å². The van der Waals surface area contributed by atoms with E-state index in [0.29, 0.717) is 18.5 Å². The zero-order valence-electron chi connectivity index (χ0n) is 9.02. The van der Waals surface area contributed by atoms with Crippen molar-refractivity contribution in [3.63, 3.8) is 0 Å². The van der Waals surface area contributed by atoms with Gasteiger partial charge >= 0.3 is 5.97 Å². The summed E-state index contributed by atoms with van der Waals surface area (Å²) in [6.07, 6.45) is 1.24. The first-order valence-electron chi connectivity index (χ1n) is 5.37. The lowest BCUT2D eigenvalue weighted by Crippen LogP contribution is -2.41. The molecule has 1 aromatic rings. The Labute approximate surface area is 107 Å².